The van der Waals surface area contributed by atoms with Crippen molar-refractivity contribution in [3.8, 4) is 0 Å². The monoisotopic (exact) mass is 471 g/mol. The summed E-state index contributed by atoms with van der Waals surface area (Å²) < 4.78 is 25.3. The zero-order valence-electron chi connectivity index (χ0n) is 19.3. The highest BCUT2D eigenvalue weighted by molar-refractivity contribution is 7.92. The summed E-state index contributed by atoms with van der Waals surface area (Å²) in [7, 11) is -3.35. The van der Waals surface area contributed by atoms with E-state index < -0.39 is 21.7 Å². The normalized spacial score (nSPS) is 14.4. The Bertz CT molecular complexity index is 1040. The maximum absolute atomic E-state index is 12.6. The van der Waals surface area contributed by atoms with Crippen LogP contribution in [0.15, 0.2) is 53.4 Å². The van der Waals surface area contributed by atoms with Crippen LogP contribution in [0, 0.1) is 0 Å². The van der Waals surface area contributed by atoms with E-state index in [-0.39, 0.29) is 16.7 Å². The minimum atomic E-state index is -3.35. The molecule has 0 atom stereocenters. The topological polar surface area (TPSA) is 95.6 Å². The van der Waals surface area contributed by atoms with Crippen molar-refractivity contribution < 1.29 is 18.0 Å². The number of anilines is 1. The fourth-order valence-electron chi connectivity index (χ4n) is 4.04. The van der Waals surface area contributed by atoms with E-state index in [0.29, 0.717) is 18.5 Å². The molecule has 2 aromatic rings. The van der Waals surface area contributed by atoms with Crippen molar-refractivity contribution in [1.29, 1.82) is 0 Å². The van der Waals surface area contributed by atoms with Crippen LogP contribution in [0.5, 0.6) is 0 Å². The first-order chi connectivity index (χ1) is 15.8. The Morgan fingerprint density at radius 2 is 1.45 bits per heavy atom. The number of sulfone groups is 1. The van der Waals surface area contributed by atoms with Crippen molar-refractivity contribution in [3.05, 3.63) is 59.7 Å². The van der Waals surface area contributed by atoms with Crippen LogP contribution in [0.3, 0.4) is 0 Å². The highest BCUT2D eigenvalue weighted by atomic mass is 32.2. The van der Waals surface area contributed by atoms with Gasteiger partial charge in [0, 0.05) is 18.8 Å². The van der Waals surface area contributed by atoms with E-state index >= 15 is 0 Å². The molecule has 2 N–H and O–H groups in total. The maximum atomic E-state index is 12.6. The summed E-state index contributed by atoms with van der Waals surface area (Å²) in [4.78, 5) is 27.0. The van der Waals surface area contributed by atoms with Crippen LogP contribution in [0.4, 0.5) is 5.69 Å². The Kier molecular flexibility index (Phi) is 8.63. The molecule has 0 spiro atoms. The quantitative estimate of drug-likeness (QED) is 0.546. The van der Waals surface area contributed by atoms with Gasteiger partial charge >= 0.3 is 11.8 Å². The molecule has 0 saturated heterocycles. The summed E-state index contributed by atoms with van der Waals surface area (Å²) in [5.41, 5.74) is 2.48. The molecule has 3 rings (SSSR count). The number of amides is 2. The molecule has 8 heteroatoms. The lowest BCUT2D eigenvalue weighted by Gasteiger charge is -2.18. The van der Waals surface area contributed by atoms with Crippen molar-refractivity contribution in [2.24, 2.45) is 0 Å². The molecular weight excluding hydrogens is 438 g/mol. The van der Waals surface area contributed by atoms with Crippen LogP contribution in [0.2, 0.25) is 0 Å². The van der Waals surface area contributed by atoms with Gasteiger partial charge in [0.2, 0.25) is 0 Å². The number of nitrogens with one attached hydrogen (secondary N) is 2. The van der Waals surface area contributed by atoms with Gasteiger partial charge in [0.25, 0.3) is 0 Å². The number of carbonyl (C=O) groups is 2. The van der Waals surface area contributed by atoms with Crippen LogP contribution in [0.1, 0.15) is 50.7 Å². The van der Waals surface area contributed by atoms with Gasteiger partial charge in [-0.05, 0) is 61.3 Å². The van der Waals surface area contributed by atoms with Gasteiger partial charge in [0.05, 0.1) is 10.1 Å². The summed E-state index contributed by atoms with van der Waals surface area (Å²) in [5.74, 6) is -1.54. The number of nitrogens with zero attached hydrogens (tertiary/aromatic N) is 1. The molecule has 2 aromatic carbocycles. The first-order valence-electron chi connectivity index (χ1n) is 11.6. The summed E-state index contributed by atoms with van der Waals surface area (Å²) in [6.07, 6.45) is 3.26. The van der Waals surface area contributed by atoms with Crippen LogP contribution in [-0.4, -0.2) is 43.5 Å². The van der Waals surface area contributed by atoms with Gasteiger partial charge < -0.3 is 10.6 Å². The zero-order valence-corrected chi connectivity index (χ0v) is 20.2. The Morgan fingerprint density at radius 3 is 2.03 bits per heavy atom. The summed E-state index contributed by atoms with van der Waals surface area (Å²) in [6.45, 7) is 7.36. The second-order valence-corrected chi connectivity index (χ2v) is 10.6. The Balaban J connectivity index is 1.50. The molecule has 0 unspecified atom stereocenters. The summed E-state index contributed by atoms with van der Waals surface area (Å²) in [5, 5.41) is 4.81. The van der Waals surface area contributed by atoms with Crippen molar-refractivity contribution in [2.75, 3.05) is 18.4 Å². The predicted molar refractivity (Wildman–Crippen MR) is 129 cm³/mol. The Labute approximate surface area is 196 Å². The minimum absolute atomic E-state index is 0.246. The Morgan fingerprint density at radius 1 is 0.879 bits per heavy atom. The molecule has 1 fully saturated rings. The van der Waals surface area contributed by atoms with Gasteiger partial charge in [-0.1, -0.05) is 51.0 Å². The van der Waals surface area contributed by atoms with E-state index in [4.69, 9.17) is 0 Å². The molecule has 0 aromatic heterocycles. The lowest BCUT2D eigenvalue weighted by atomic mass is 10.1. The first-order valence-corrected chi connectivity index (χ1v) is 13.1. The number of carbonyl (C=O) groups excluding carboxylic acids is 2. The molecule has 0 radical (unpaired) electrons. The Hall–Kier alpha value is -2.71. The lowest BCUT2D eigenvalue weighted by Crippen LogP contribution is -2.35. The van der Waals surface area contributed by atoms with Crippen LogP contribution < -0.4 is 10.6 Å². The fraction of sp³-hybridized carbons (Fsp3) is 0.440. The second kappa shape index (κ2) is 11.4. The smallest absolute Gasteiger partial charge is 0.313 e. The molecule has 7 nitrogen and oxygen atoms in total. The van der Waals surface area contributed by atoms with Crippen molar-refractivity contribution in [3.63, 3.8) is 0 Å². The van der Waals surface area contributed by atoms with E-state index in [2.05, 4.69) is 29.4 Å². The number of hydrogen-bond donors (Lipinski definition) is 2. The van der Waals surface area contributed by atoms with Gasteiger partial charge in [0.15, 0.2) is 9.84 Å². The van der Waals surface area contributed by atoms with Crippen LogP contribution >= 0.6 is 0 Å². The van der Waals surface area contributed by atoms with Crippen molar-refractivity contribution in [1.82, 2.24) is 10.2 Å². The van der Waals surface area contributed by atoms with E-state index in [1.54, 1.807) is 0 Å². The highest BCUT2D eigenvalue weighted by Gasteiger charge is 2.30. The largest absolute Gasteiger partial charge is 0.344 e. The molecule has 0 aliphatic heterocycles. The van der Waals surface area contributed by atoms with Gasteiger partial charge in [-0.25, -0.2) is 8.42 Å². The lowest BCUT2D eigenvalue weighted by molar-refractivity contribution is -0.136. The second-order valence-electron chi connectivity index (χ2n) is 8.39. The van der Waals surface area contributed by atoms with Gasteiger partial charge in [-0.2, -0.15) is 0 Å². The molecule has 1 saturated carbocycles. The maximum Gasteiger partial charge on any atom is 0.313 e. The number of benzene rings is 2. The molecule has 0 bridgehead atoms. The van der Waals surface area contributed by atoms with Crippen molar-refractivity contribution in [2.45, 2.75) is 62.8 Å². The van der Waals surface area contributed by atoms with E-state index in [1.807, 2.05) is 24.3 Å². The van der Waals surface area contributed by atoms with E-state index in [1.165, 1.54) is 29.8 Å². The summed E-state index contributed by atoms with van der Waals surface area (Å²) in [6, 6.07) is 14.0. The summed E-state index contributed by atoms with van der Waals surface area (Å²) >= 11 is 0. The van der Waals surface area contributed by atoms with Gasteiger partial charge in [0.1, 0.15) is 0 Å². The number of hydrogen-bond acceptors (Lipinski definition) is 5. The molecule has 1 aliphatic carbocycles. The van der Waals surface area contributed by atoms with Crippen LogP contribution in [-0.2, 0) is 32.5 Å². The standard InChI is InChI=1S/C25H33N3O4S/c1-3-28(4-2)18-20-11-9-19(10-12-20)17-26-24(29)25(30)27-21-13-15-23(16-14-21)33(31,32)22-7-5-6-8-22/h9-16,22H,3-8,17-18H2,1-2H3,(H,26,29)(H,27,30). The third-order valence-electron chi connectivity index (χ3n) is 6.16. The third kappa shape index (κ3) is 6.65. The molecule has 178 valence electrons. The zero-order chi connectivity index (χ0) is 23.8. The number of rotatable bonds is 9. The SMILES string of the molecule is CCN(CC)Cc1ccc(CNC(=O)C(=O)Nc2ccc(S(=O)(=O)C3CCCC3)cc2)cc1. The van der Waals surface area contributed by atoms with Crippen molar-refractivity contribution >= 4 is 27.3 Å². The molecule has 2 amide bonds. The average molecular weight is 472 g/mol. The molecular formula is C25H33N3O4S. The van der Waals surface area contributed by atoms with E-state index in [9.17, 15) is 18.0 Å². The molecule has 33 heavy (non-hydrogen) atoms. The van der Waals surface area contributed by atoms with Gasteiger partial charge in [-0.15, -0.1) is 0 Å². The molecule has 0 heterocycles. The highest BCUT2D eigenvalue weighted by Crippen LogP contribution is 2.30. The average Bonchev–Trinajstić information content (AvgIpc) is 3.38. The predicted octanol–water partition coefficient (Wildman–Crippen LogP) is 3.50. The first kappa shape index (κ1) is 24.9. The van der Waals surface area contributed by atoms with Crippen LogP contribution in [0.25, 0.3) is 0 Å². The molecule has 1 aliphatic rings. The van der Waals surface area contributed by atoms with Gasteiger partial charge in [-0.3, -0.25) is 14.5 Å². The minimum Gasteiger partial charge on any atom is -0.344 e. The fourth-order valence-corrected chi connectivity index (χ4v) is 5.89. The third-order valence-corrected chi connectivity index (χ3v) is 8.44. The van der Waals surface area contributed by atoms with E-state index in [0.717, 1.165) is 38.0 Å².